The van der Waals surface area contributed by atoms with Gasteiger partial charge >= 0.3 is 11.1 Å². The monoisotopic (exact) mass is 211 g/mol. The summed E-state index contributed by atoms with van der Waals surface area (Å²) in [5.74, 6) is -0.882. The zero-order valence-corrected chi connectivity index (χ0v) is 8.22. The van der Waals surface area contributed by atoms with Gasteiger partial charge in [-0.3, -0.25) is 4.89 Å². The molecule has 80 valence electrons. The van der Waals surface area contributed by atoms with Crippen molar-refractivity contribution in [2.75, 3.05) is 0 Å². The number of nitrogens with zero attached hydrogens (tertiary/aromatic N) is 1. The van der Waals surface area contributed by atoms with Crippen LogP contribution in [0.15, 0.2) is 18.2 Å². The van der Waals surface area contributed by atoms with Gasteiger partial charge in [0.25, 0.3) is 0 Å². The highest BCUT2D eigenvalue weighted by atomic mass is 17.3. The second-order valence-corrected chi connectivity index (χ2v) is 2.99. The van der Waals surface area contributed by atoms with Crippen LogP contribution >= 0.6 is 0 Å². The van der Waals surface area contributed by atoms with Crippen molar-refractivity contribution in [1.29, 1.82) is 0 Å². The third-order valence-corrected chi connectivity index (χ3v) is 1.79. The van der Waals surface area contributed by atoms with Crippen LogP contribution in [0.5, 0.6) is 0 Å². The standard InChI is InChI=1S/C9H9NO5/c1-6-3-4-7(2)8(5-6)9(11)14-15-10(12)13/h3-5H,1-2H3. The predicted octanol–water partition coefficient (Wildman–Crippen LogP) is 1.58. The van der Waals surface area contributed by atoms with Gasteiger partial charge in [0, 0.05) is 0 Å². The Morgan fingerprint density at radius 1 is 1.40 bits per heavy atom. The Kier molecular flexibility index (Phi) is 3.22. The minimum Gasteiger partial charge on any atom is -0.255 e. The maximum absolute atomic E-state index is 11.3. The summed E-state index contributed by atoms with van der Waals surface area (Å²) < 4.78 is 0. The zero-order chi connectivity index (χ0) is 11.4. The molecule has 0 aliphatic heterocycles. The molecular weight excluding hydrogens is 202 g/mol. The Labute approximate surface area is 85.5 Å². The molecule has 0 radical (unpaired) electrons. The normalized spacial score (nSPS) is 9.47. The molecule has 0 aliphatic rings. The van der Waals surface area contributed by atoms with Crippen LogP contribution in [0.1, 0.15) is 21.5 Å². The highest BCUT2D eigenvalue weighted by Gasteiger charge is 2.13. The Morgan fingerprint density at radius 3 is 2.67 bits per heavy atom. The Balaban J connectivity index is 2.81. The van der Waals surface area contributed by atoms with Crippen molar-refractivity contribution < 1.29 is 19.8 Å². The van der Waals surface area contributed by atoms with Crippen molar-refractivity contribution in [2.45, 2.75) is 13.8 Å². The fourth-order valence-corrected chi connectivity index (χ4v) is 1.06. The second-order valence-electron chi connectivity index (χ2n) is 2.99. The molecule has 0 N–H and O–H groups in total. The number of carbonyl (C=O) groups is 1. The average molecular weight is 211 g/mol. The molecule has 1 aromatic rings. The maximum atomic E-state index is 11.3. The van der Waals surface area contributed by atoms with E-state index < -0.39 is 11.1 Å². The molecule has 0 bridgehead atoms. The van der Waals surface area contributed by atoms with E-state index in [0.717, 1.165) is 5.56 Å². The molecule has 15 heavy (non-hydrogen) atoms. The van der Waals surface area contributed by atoms with Crippen molar-refractivity contribution in [1.82, 2.24) is 0 Å². The molecule has 1 aromatic carbocycles. The lowest BCUT2D eigenvalue weighted by Crippen LogP contribution is -2.11. The fraction of sp³-hybridized carbons (Fsp3) is 0.222. The van der Waals surface area contributed by atoms with Crippen molar-refractivity contribution >= 4 is 5.97 Å². The molecule has 0 spiro atoms. The lowest BCUT2D eigenvalue weighted by molar-refractivity contribution is -0.839. The number of hydrogen-bond acceptors (Lipinski definition) is 5. The van der Waals surface area contributed by atoms with Gasteiger partial charge in [0.05, 0.1) is 5.56 Å². The van der Waals surface area contributed by atoms with Crippen LogP contribution in [-0.2, 0) is 9.88 Å². The third kappa shape index (κ3) is 2.94. The SMILES string of the molecule is Cc1ccc(C)c(C(=O)OO[N+](=O)[O-])c1. The summed E-state index contributed by atoms with van der Waals surface area (Å²) in [4.78, 5) is 28.6. The number of carbonyl (C=O) groups excluding carboxylic acids is 1. The first-order valence-corrected chi connectivity index (χ1v) is 4.11. The van der Waals surface area contributed by atoms with E-state index in [0.29, 0.717) is 5.56 Å². The number of rotatable bonds is 3. The lowest BCUT2D eigenvalue weighted by atomic mass is 10.1. The molecular formula is C9H9NO5. The van der Waals surface area contributed by atoms with Gasteiger partial charge in [-0.2, -0.15) is 0 Å². The van der Waals surface area contributed by atoms with Crippen LogP contribution in [0.3, 0.4) is 0 Å². The van der Waals surface area contributed by atoms with E-state index in [2.05, 4.69) is 9.88 Å². The van der Waals surface area contributed by atoms with E-state index in [-0.39, 0.29) is 5.56 Å². The molecule has 0 fully saturated rings. The van der Waals surface area contributed by atoms with Gasteiger partial charge in [-0.15, -0.1) is 10.1 Å². The largest absolute Gasteiger partial charge is 0.374 e. The van der Waals surface area contributed by atoms with Gasteiger partial charge in [0.1, 0.15) is 0 Å². The van der Waals surface area contributed by atoms with Gasteiger partial charge in [-0.25, -0.2) is 4.79 Å². The van der Waals surface area contributed by atoms with Crippen LogP contribution in [0.25, 0.3) is 0 Å². The van der Waals surface area contributed by atoms with Gasteiger partial charge in [-0.05, 0) is 25.5 Å². The summed E-state index contributed by atoms with van der Waals surface area (Å²) in [5.41, 5.74) is 1.77. The van der Waals surface area contributed by atoms with Crippen LogP contribution in [0.2, 0.25) is 0 Å². The minimum atomic E-state index is -1.19. The van der Waals surface area contributed by atoms with E-state index in [1.165, 1.54) is 0 Å². The molecule has 0 saturated carbocycles. The quantitative estimate of drug-likeness (QED) is 0.431. The molecule has 0 atom stereocenters. The summed E-state index contributed by atoms with van der Waals surface area (Å²) in [6, 6.07) is 5.11. The first kappa shape index (κ1) is 11.0. The Bertz CT molecular complexity index is 401. The first-order valence-electron chi connectivity index (χ1n) is 4.11. The zero-order valence-electron chi connectivity index (χ0n) is 8.22. The van der Waals surface area contributed by atoms with Crippen molar-refractivity contribution in [3.63, 3.8) is 0 Å². The van der Waals surface area contributed by atoms with E-state index >= 15 is 0 Å². The predicted molar refractivity (Wildman–Crippen MR) is 49.4 cm³/mol. The number of hydrogen-bond donors (Lipinski definition) is 0. The molecule has 6 nitrogen and oxygen atoms in total. The summed E-state index contributed by atoms with van der Waals surface area (Å²) in [7, 11) is 0. The van der Waals surface area contributed by atoms with E-state index in [1.807, 2.05) is 6.07 Å². The maximum Gasteiger partial charge on any atom is 0.374 e. The Morgan fingerprint density at radius 2 is 2.07 bits per heavy atom. The van der Waals surface area contributed by atoms with Crippen LogP contribution in [0, 0.1) is 24.0 Å². The highest BCUT2D eigenvalue weighted by molar-refractivity contribution is 5.90. The molecule has 0 saturated heterocycles. The smallest absolute Gasteiger partial charge is 0.255 e. The molecule has 0 aromatic heterocycles. The van der Waals surface area contributed by atoms with Crippen molar-refractivity contribution in [2.24, 2.45) is 0 Å². The van der Waals surface area contributed by atoms with Crippen LogP contribution in [0.4, 0.5) is 0 Å². The van der Waals surface area contributed by atoms with Gasteiger partial charge in [-0.1, -0.05) is 22.7 Å². The van der Waals surface area contributed by atoms with Gasteiger partial charge in [0.2, 0.25) is 0 Å². The van der Waals surface area contributed by atoms with E-state index in [1.54, 1.807) is 26.0 Å². The topological polar surface area (TPSA) is 78.7 Å². The summed E-state index contributed by atoms with van der Waals surface area (Å²) in [5, 5.41) is 8.60. The molecule has 0 aliphatic carbocycles. The molecule has 0 amide bonds. The number of aryl methyl sites for hydroxylation is 2. The lowest BCUT2D eigenvalue weighted by Gasteiger charge is -2.04. The first-order chi connectivity index (χ1) is 7.00. The summed E-state index contributed by atoms with van der Waals surface area (Å²) in [6.45, 7) is 3.49. The molecule has 1 rings (SSSR count). The minimum absolute atomic E-state index is 0.247. The second kappa shape index (κ2) is 4.41. The highest BCUT2D eigenvalue weighted by Crippen LogP contribution is 2.11. The average Bonchev–Trinajstić information content (AvgIpc) is 2.18. The molecule has 0 heterocycles. The summed E-state index contributed by atoms with van der Waals surface area (Å²) in [6.07, 6.45) is 0. The van der Waals surface area contributed by atoms with E-state index in [9.17, 15) is 14.9 Å². The van der Waals surface area contributed by atoms with Crippen LogP contribution in [-0.4, -0.2) is 11.1 Å². The van der Waals surface area contributed by atoms with Gasteiger partial charge < -0.3 is 0 Å². The third-order valence-electron chi connectivity index (χ3n) is 1.79. The molecule has 6 heteroatoms. The van der Waals surface area contributed by atoms with Gasteiger partial charge in [0.15, 0.2) is 0 Å². The van der Waals surface area contributed by atoms with Crippen LogP contribution < -0.4 is 0 Å². The van der Waals surface area contributed by atoms with Crippen molar-refractivity contribution in [3.8, 4) is 0 Å². The van der Waals surface area contributed by atoms with Crippen molar-refractivity contribution in [3.05, 3.63) is 45.0 Å². The summed E-state index contributed by atoms with van der Waals surface area (Å²) >= 11 is 0. The molecule has 0 unspecified atom stereocenters. The number of benzene rings is 1. The Hall–Kier alpha value is -2.11. The van der Waals surface area contributed by atoms with E-state index in [4.69, 9.17) is 0 Å². The fourth-order valence-electron chi connectivity index (χ4n) is 1.06.